The van der Waals surface area contributed by atoms with E-state index in [0.717, 1.165) is 83.5 Å². The summed E-state index contributed by atoms with van der Waals surface area (Å²) in [6.07, 6.45) is 52.1. The first-order valence-electron chi connectivity index (χ1n) is 23.6. The average Bonchev–Trinajstić information content (AvgIpc) is 3.20. The van der Waals surface area contributed by atoms with Crippen molar-refractivity contribution < 1.29 is 42.1 Å². The molecule has 0 rings (SSSR count). The van der Waals surface area contributed by atoms with Crippen molar-refractivity contribution in [3.8, 4) is 0 Å². The van der Waals surface area contributed by atoms with E-state index < -0.39 is 32.5 Å². The number of esters is 2. The molecule has 0 spiro atoms. The highest BCUT2D eigenvalue weighted by Crippen LogP contribution is 2.38. The quantitative estimate of drug-likeness (QED) is 0.0196. The molecule has 0 aliphatic heterocycles. The maximum Gasteiger partial charge on any atom is 0.306 e. The van der Waals surface area contributed by atoms with Crippen molar-refractivity contribution in [3.63, 3.8) is 0 Å². The molecular weight excluding hydrogens is 774 g/mol. The zero-order chi connectivity index (χ0) is 44.3. The summed E-state index contributed by atoms with van der Waals surface area (Å²) in [7, 11) is 1.13. The van der Waals surface area contributed by atoms with E-state index in [4.69, 9.17) is 18.5 Å². The van der Waals surface area contributed by atoms with E-state index in [-0.39, 0.29) is 26.1 Å². The number of hydrogen-bond donors (Lipinski definition) is 0. The van der Waals surface area contributed by atoms with Crippen molar-refractivity contribution in [3.05, 3.63) is 72.9 Å². The number of unbranched alkanes of at least 4 members (excludes halogenated alkanes) is 16. The minimum atomic E-state index is -4.64. The van der Waals surface area contributed by atoms with Gasteiger partial charge in [0.25, 0.3) is 7.82 Å². The number of rotatable bonds is 42. The molecule has 0 aromatic carbocycles. The molecule has 0 N–H and O–H groups in total. The molecular formula is C50H88NO8P. The molecule has 2 atom stereocenters. The molecule has 0 aromatic heterocycles. The molecule has 10 heteroatoms. The molecule has 346 valence electrons. The van der Waals surface area contributed by atoms with Crippen LogP contribution in [0.4, 0.5) is 0 Å². The van der Waals surface area contributed by atoms with Gasteiger partial charge in [-0.1, -0.05) is 157 Å². The SMILES string of the molecule is CC/C=C/C/C=C/C/C=C/C/C=C/C/C=C/CCCCCC(=O)O[C@H](COC(=O)CCCCCCCCC/C=C/CCCCCCCC)COP(=O)([O-])OCC[N+](C)(C)C. The number of allylic oxidation sites excluding steroid dienone is 12. The van der Waals surface area contributed by atoms with Gasteiger partial charge in [-0.3, -0.25) is 14.2 Å². The van der Waals surface area contributed by atoms with Gasteiger partial charge in [0.1, 0.15) is 19.8 Å². The Kier molecular flexibility index (Phi) is 40.0. The van der Waals surface area contributed by atoms with Gasteiger partial charge in [0.15, 0.2) is 6.10 Å². The molecule has 0 bridgehead atoms. The predicted octanol–water partition coefficient (Wildman–Crippen LogP) is 13.2. The van der Waals surface area contributed by atoms with Crippen LogP contribution in [0, 0.1) is 0 Å². The molecule has 0 saturated heterocycles. The Morgan fingerprint density at radius 3 is 1.45 bits per heavy atom. The Labute approximate surface area is 368 Å². The maximum absolute atomic E-state index is 12.7. The number of ether oxygens (including phenoxy) is 2. The third kappa shape index (κ3) is 45.0. The molecule has 0 aromatic rings. The molecule has 9 nitrogen and oxygen atoms in total. The number of quaternary nitrogens is 1. The lowest BCUT2D eigenvalue weighted by atomic mass is 10.1. The van der Waals surface area contributed by atoms with Gasteiger partial charge in [0.05, 0.1) is 27.7 Å². The van der Waals surface area contributed by atoms with Crippen LogP contribution in [0.5, 0.6) is 0 Å². The smallest absolute Gasteiger partial charge is 0.306 e. The summed E-state index contributed by atoms with van der Waals surface area (Å²) in [5.41, 5.74) is 0. The minimum Gasteiger partial charge on any atom is -0.756 e. The lowest BCUT2D eigenvalue weighted by Crippen LogP contribution is -2.37. The van der Waals surface area contributed by atoms with Crippen LogP contribution in [-0.4, -0.2) is 70.0 Å². The van der Waals surface area contributed by atoms with Crippen LogP contribution in [0.3, 0.4) is 0 Å². The Hall–Kier alpha value is -2.55. The zero-order valence-electron chi connectivity index (χ0n) is 38.9. The maximum atomic E-state index is 12.7. The minimum absolute atomic E-state index is 0.0416. The summed E-state index contributed by atoms with van der Waals surface area (Å²) < 4.78 is 33.9. The third-order valence-electron chi connectivity index (χ3n) is 9.71. The number of nitrogens with zero attached hydrogens (tertiary/aromatic N) is 1. The summed E-state index contributed by atoms with van der Waals surface area (Å²) in [4.78, 5) is 37.6. The highest BCUT2D eigenvalue weighted by molar-refractivity contribution is 7.45. The number of carbonyl (C=O) groups excluding carboxylic acids is 2. The first-order chi connectivity index (χ1) is 29.0. The first-order valence-corrected chi connectivity index (χ1v) is 25.1. The van der Waals surface area contributed by atoms with Gasteiger partial charge in [-0.2, -0.15) is 0 Å². The van der Waals surface area contributed by atoms with Crippen molar-refractivity contribution in [2.45, 2.75) is 187 Å². The van der Waals surface area contributed by atoms with E-state index in [1.54, 1.807) is 0 Å². The molecule has 0 heterocycles. The van der Waals surface area contributed by atoms with Crippen molar-refractivity contribution in [2.24, 2.45) is 0 Å². The van der Waals surface area contributed by atoms with Crippen LogP contribution in [0.25, 0.3) is 0 Å². The van der Waals surface area contributed by atoms with E-state index in [9.17, 15) is 19.0 Å². The molecule has 0 aliphatic carbocycles. The van der Waals surface area contributed by atoms with Crippen LogP contribution in [0.1, 0.15) is 181 Å². The Bertz CT molecular complexity index is 1250. The predicted molar refractivity (Wildman–Crippen MR) is 249 cm³/mol. The van der Waals surface area contributed by atoms with Crippen molar-refractivity contribution in [1.82, 2.24) is 0 Å². The molecule has 0 saturated carbocycles. The molecule has 0 fully saturated rings. The summed E-state index contributed by atoms with van der Waals surface area (Å²) in [5, 5.41) is 0. The molecule has 0 amide bonds. The lowest BCUT2D eigenvalue weighted by molar-refractivity contribution is -0.870. The van der Waals surface area contributed by atoms with Crippen LogP contribution < -0.4 is 4.89 Å². The number of phosphoric ester groups is 1. The van der Waals surface area contributed by atoms with E-state index in [0.29, 0.717) is 17.4 Å². The van der Waals surface area contributed by atoms with Gasteiger partial charge < -0.3 is 27.9 Å². The Morgan fingerprint density at radius 1 is 0.533 bits per heavy atom. The van der Waals surface area contributed by atoms with Crippen molar-refractivity contribution in [1.29, 1.82) is 0 Å². The summed E-state index contributed by atoms with van der Waals surface area (Å²) in [5.74, 6) is -0.881. The van der Waals surface area contributed by atoms with Gasteiger partial charge in [0, 0.05) is 12.8 Å². The monoisotopic (exact) mass is 862 g/mol. The summed E-state index contributed by atoms with van der Waals surface area (Å²) in [6, 6.07) is 0. The molecule has 60 heavy (non-hydrogen) atoms. The highest BCUT2D eigenvalue weighted by Gasteiger charge is 2.21. The second kappa shape index (κ2) is 41.8. The lowest BCUT2D eigenvalue weighted by Gasteiger charge is -2.28. The van der Waals surface area contributed by atoms with E-state index in [1.165, 1.54) is 64.2 Å². The van der Waals surface area contributed by atoms with Crippen LogP contribution >= 0.6 is 7.82 Å². The van der Waals surface area contributed by atoms with Crippen molar-refractivity contribution in [2.75, 3.05) is 47.5 Å². The molecule has 0 aliphatic rings. The van der Waals surface area contributed by atoms with Gasteiger partial charge in [-0.25, -0.2) is 0 Å². The fourth-order valence-corrected chi connectivity index (χ4v) is 6.76. The second-order valence-electron chi connectivity index (χ2n) is 16.7. The summed E-state index contributed by atoms with van der Waals surface area (Å²) >= 11 is 0. The van der Waals surface area contributed by atoms with Crippen molar-refractivity contribution >= 4 is 19.8 Å². The molecule has 0 radical (unpaired) electrons. The fourth-order valence-electron chi connectivity index (χ4n) is 6.03. The second-order valence-corrected chi connectivity index (χ2v) is 18.1. The van der Waals surface area contributed by atoms with Gasteiger partial charge in [-0.15, -0.1) is 0 Å². The van der Waals surface area contributed by atoms with Gasteiger partial charge in [-0.05, 0) is 83.5 Å². The van der Waals surface area contributed by atoms with E-state index in [2.05, 4.69) is 86.8 Å². The number of carbonyl (C=O) groups is 2. The average molecular weight is 862 g/mol. The number of hydrogen-bond acceptors (Lipinski definition) is 8. The Balaban J connectivity index is 4.40. The topological polar surface area (TPSA) is 111 Å². The van der Waals surface area contributed by atoms with E-state index in [1.807, 2.05) is 21.1 Å². The normalized spacial score (nSPS) is 14.2. The van der Waals surface area contributed by atoms with Gasteiger partial charge >= 0.3 is 11.9 Å². The van der Waals surface area contributed by atoms with Crippen LogP contribution in [-0.2, 0) is 32.7 Å². The van der Waals surface area contributed by atoms with Crippen LogP contribution in [0.2, 0.25) is 0 Å². The largest absolute Gasteiger partial charge is 0.756 e. The zero-order valence-corrected chi connectivity index (χ0v) is 39.8. The van der Waals surface area contributed by atoms with Crippen LogP contribution in [0.15, 0.2) is 72.9 Å². The standard InChI is InChI=1S/C50H88NO8P/c1-6-8-10-12-14-16-18-20-22-24-25-27-29-31-33-35-37-39-41-43-50(53)59-48(47-58-60(54,55)57-45-44-51(3,4)5)46-56-49(52)42-40-38-36-34-32-30-28-26-23-21-19-17-15-13-11-9-7-2/h8,10,14,16,20-23,25,27,31,33,48H,6-7,9,11-13,15,17-19,24,26,28-30,32,34-47H2,1-5H3/b10-8+,16-14+,22-20+,23-21+,27-25+,33-31+/t48-/m1/s1. The third-order valence-corrected chi connectivity index (χ3v) is 10.7. The number of phosphoric acid groups is 1. The van der Waals surface area contributed by atoms with E-state index >= 15 is 0 Å². The van der Waals surface area contributed by atoms with Gasteiger partial charge in [0.2, 0.25) is 0 Å². The highest BCUT2D eigenvalue weighted by atomic mass is 31.2. The summed E-state index contributed by atoms with van der Waals surface area (Å²) in [6.45, 7) is 4.06. The fraction of sp³-hybridized carbons (Fsp3) is 0.720. The molecule has 1 unspecified atom stereocenters. The Morgan fingerprint density at radius 2 is 0.950 bits per heavy atom. The number of likely N-dealkylation sites (N-methyl/N-ethyl adjacent to an activating group) is 1. The first kappa shape index (κ1) is 57.4.